The van der Waals surface area contributed by atoms with Gasteiger partial charge in [0.15, 0.2) is 5.67 Å². The first-order chi connectivity index (χ1) is 18.8. The van der Waals surface area contributed by atoms with Gasteiger partial charge in [-0.2, -0.15) is 0 Å². The van der Waals surface area contributed by atoms with E-state index in [1.54, 1.807) is 16.2 Å². The molecule has 1 saturated heterocycles. The molecule has 1 aromatic heterocycles. The van der Waals surface area contributed by atoms with Crippen molar-refractivity contribution >= 4 is 29.1 Å². The highest BCUT2D eigenvalue weighted by Crippen LogP contribution is 2.40. The number of carbonyl (C=O) groups is 3. The Morgan fingerprint density at radius 2 is 1.75 bits per heavy atom. The highest BCUT2D eigenvalue weighted by Gasteiger charge is 2.53. The summed E-state index contributed by atoms with van der Waals surface area (Å²) < 4.78 is 14.4. The minimum atomic E-state index is -1.87. The van der Waals surface area contributed by atoms with Gasteiger partial charge in [0, 0.05) is 13.7 Å². The lowest BCUT2D eigenvalue weighted by Crippen LogP contribution is -2.59. The molecule has 2 aliphatic rings. The molecule has 1 aliphatic heterocycles. The predicted molar refractivity (Wildman–Crippen MR) is 155 cm³/mol. The van der Waals surface area contributed by atoms with Gasteiger partial charge < -0.3 is 20.6 Å². The average molecular weight is 575 g/mol. The van der Waals surface area contributed by atoms with E-state index in [-0.39, 0.29) is 36.6 Å². The molecule has 1 saturated carbocycles. The van der Waals surface area contributed by atoms with Crippen LogP contribution in [-0.2, 0) is 14.4 Å². The second kappa shape index (κ2) is 12.8. The molecule has 0 radical (unpaired) electrons. The number of rotatable bonds is 8. The van der Waals surface area contributed by atoms with Gasteiger partial charge in [0.2, 0.25) is 11.8 Å². The normalized spacial score (nSPS) is 19.4. The van der Waals surface area contributed by atoms with E-state index in [1.807, 2.05) is 45.3 Å². The fourth-order valence-corrected chi connectivity index (χ4v) is 5.83. The van der Waals surface area contributed by atoms with E-state index in [1.165, 1.54) is 0 Å². The Kier molecular flexibility index (Phi) is 10.1. The van der Waals surface area contributed by atoms with Crippen LogP contribution in [0, 0.1) is 18.3 Å². The van der Waals surface area contributed by atoms with Crippen LogP contribution in [0.2, 0.25) is 0 Å². The van der Waals surface area contributed by atoms with Gasteiger partial charge in [0.25, 0.3) is 5.91 Å². The van der Waals surface area contributed by atoms with E-state index in [4.69, 9.17) is 5.11 Å². The van der Waals surface area contributed by atoms with Gasteiger partial charge in [-0.15, -0.1) is 11.3 Å². The van der Waals surface area contributed by atoms with Crippen molar-refractivity contribution in [3.63, 3.8) is 0 Å². The molecule has 1 aromatic carbocycles. The Morgan fingerprint density at radius 1 is 1.12 bits per heavy atom. The summed E-state index contributed by atoms with van der Waals surface area (Å²) in [5, 5.41) is 12.8. The zero-order valence-corrected chi connectivity index (χ0v) is 25.4. The number of benzene rings is 1. The van der Waals surface area contributed by atoms with Gasteiger partial charge in [-0.25, -0.2) is 9.37 Å². The summed E-state index contributed by atoms with van der Waals surface area (Å²) >= 11 is 1.60. The van der Waals surface area contributed by atoms with Crippen molar-refractivity contribution in [1.82, 2.24) is 20.5 Å². The highest BCUT2D eigenvalue weighted by molar-refractivity contribution is 7.13. The fraction of sp³-hybridized carbons (Fsp3) is 0.600. The number of aryl methyl sites for hydroxylation is 1. The molecule has 3 amide bonds. The van der Waals surface area contributed by atoms with Crippen molar-refractivity contribution in [3.8, 4) is 10.4 Å². The van der Waals surface area contributed by atoms with Gasteiger partial charge in [0.05, 0.1) is 22.1 Å². The summed E-state index contributed by atoms with van der Waals surface area (Å²) in [5.74, 6) is -1.15. The number of thiazole rings is 1. The molecule has 2 aromatic rings. The summed E-state index contributed by atoms with van der Waals surface area (Å²) in [4.78, 5) is 46.7. The Labute approximate surface area is 240 Å². The molecule has 220 valence electrons. The molecule has 40 heavy (non-hydrogen) atoms. The molecule has 8 nitrogen and oxygen atoms in total. The molecular formula is C30H43FN4O4S. The van der Waals surface area contributed by atoms with Crippen LogP contribution in [-0.4, -0.2) is 64.1 Å². The van der Waals surface area contributed by atoms with E-state index in [2.05, 4.69) is 41.6 Å². The third-order valence-corrected chi connectivity index (χ3v) is 8.54. The zero-order chi connectivity index (χ0) is 29.8. The summed E-state index contributed by atoms with van der Waals surface area (Å²) in [6, 6.07) is 6.40. The SMILES string of the molecule is CO.Cc1ncsc1-c1ccc(C(NC(=O)C2CCCN2C(=O)C(NC(=O)C2(F)CC2)C(C)(C)C)C(C)C)cc1. The van der Waals surface area contributed by atoms with Crippen molar-refractivity contribution in [3.05, 3.63) is 41.0 Å². The number of nitrogens with zero attached hydrogens (tertiary/aromatic N) is 2. The average Bonchev–Trinajstić information content (AvgIpc) is 3.28. The number of hydrogen-bond acceptors (Lipinski definition) is 6. The summed E-state index contributed by atoms with van der Waals surface area (Å²) in [5.41, 5.74) is 2.40. The number of likely N-dealkylation sites (tertiary alicyclic amines) is 1. The van der Waals surface area contributed by atoms with Crippen molar-refractivity contribution in [2.45, 2.75) is 91.0 Å². The first-order valence-corrected chi connectivity index (χ1v) is 14.8. The van der Waals surface area contributed by atoms with E-state index < -0.39 is 29.1 Å². The van der Waals surface area contributed by atoms with Crippen LogP contribution in [0.25, 0.3) is 10.4 Å². The summed E-state index contributed by atoms with van der Waals surface area (Å²) in [6.07, 6.45) is 1.60. The molecule has 10 heteroatoms. The zero-order valence-electron chi connectivity index (χ0n) is 24.6. The van der Waals surface area contributed by atoms with E-state index in [0.717, 1.165) is 28.8 Å². The smallest absolute Gasteiger partial charge is 0.258 e. The van der Waals surface area contributed by atoms with Gasteiger partial charge >= 0.3 is 0 Å². The molecule has 3 atom stereocenters. The van der Waals surface area contributed by atoms with Crippen LogP contribution in [0.1, 0.15) is 77.6 Å². The van der Waals surface area contributed by atoms with Crippen molar-refractivity contribution < 1.29 is 23.9 Å². The number of amides is 3. The number of alkyl halides is 1. The first-order valence-electron chi connectivity index (χ1n) is 13.9. The maximum absolute atomic E-state index is 14.4. The van der Waals surface area contributed by atoms with Gasteiger partial charge in [-0.1, -0.05) is 58.9 Å². The van der Waals surface area contributed by atoms with Crippen LogP contribution in [0.3, 0.4) is 0 Å². The molecule has 1 aliphatic carbocycles. The van der Waals surface area contributed by atoms with E-state index in [0.29, 0.717) is 19.4 Å². The molecule has 2 heterocycles. The second-order valence-corrected chi connectivity index (χ2v) is 12.9. The quantitative estimate of drug-likeness (QED) is 0.428. The number of halogens is 1. The molecular weight excluding hydrogens is 531 g/mol. The van der Waals surface area contributed by atoms with Crippen LogP contribution in [0.15, 0.2) is 29.8 Å². The van der Waals surface area contributed by atoms with Crippen molar-refractivity contribution in [1.29, 1.82) is 0 Å². The van der Waals surface area contributed by atoms with Crippen molar-refractivity contribution in [2.24, 2.45) is 11.3 Å². The fourth-order valence-electron chi connectivity index (χ4n) is 5.02. The monoisotopic (exact) mass is 574 g/mol. The predicted octanol–water partition coefficient (Wildman–Crippen LogP) is 4.56. The minimum Gasteiger partial charge on any atom is -0.400 e. The summed E-state index contributed by atoms with van der Waals surface area (Å²) in [7, 11) is 1.00. The van der Waals surface area contributed by atoms with Crippen LogP contribution >= 0.6 is 11.3 Å². The van der Waals surface area contributed by atoms with Crippen LogP contribution in [0.4, 0.5) is 4.39 Å². The van der Waals surface area contributed by atoms with Crippen LogP contribution in [0.5, 0.6) is 0 Å². The number of carbonyl (C=O) groups excluding carboxylic acids is 3. The standard InChI is InChI=1S/C29H39FN4O3S.CH4O/c1-17(2)22(19-9-11-20(12-10-19)23-18(3)31-16-38-23)32-25(35)21-8-7-15-34(21)26(36)24(28(4,5)6)33-27(37)29(30)13-14-29;1-2/h9-12,16-17,21-22,24H,7-8,13-15H2,1-6H3,(H,32,35)(H,33,37);2H,1H3. The van der Waals surface area contributed by atoms with E-state index >= 15 is 0 Å². The lowest BCUT2D eigenvalue weighted by atomic mass is 9.85. The van der Waals surface area contributed by atoms with Gasteiger partial charge in [0.1, 0.15) is 12.1 Å². The Morgan fingerprint density at radius 3 is 2.25 bits per heavy atom. The summed E-state index contributed by atoms with van der Waals surface area (Å²) in [6.45, 7) is 12.0. The second-order valence-electron chi connectivity index (χ2n) is 12.0. The van der Waals surface area contributed by atoms with Gasteiger partial charge in [-0.3, -0.25) is 14.4 Å². The van der Waals surface area contributed by atoms with Crippen LogP contribution < -0.4 is 10.6 Å². The Balaban J connectivity index is 0.00000216. The maximum Gasteiger partial charge on any atom is 0.258 e. The molecule has 3 N–H and O–H groups in total. The first kappa shape index (κ1) is 31.7. The topological polar surface area (TPSA) is 112 Å². The molecule has 2 fully saturated rings. The Hall–Kier alpha value is -2.85. The number of nitrogens with one attached hydrogen (secondary N) is 2. The number of aliphatic hydroxyl groups excluding tert-OH is 1. The lowest BCUT2D eigenvalue weighted by Gasteiger charge is -2.36. The number of hydrogen-bond donors (Lipinski definition) is 3. The third-order valence-electron chi connectivity index (χ3n) is 7.56. The largest absolute Gasteiger partial charge is 0.400 e. The highest BCUT2D eigenvalue weighted by atomic mass is 32.1. The number of aromatic nitrogens is 1. The van der Waals surface area contributed by atoms with Gasteiger partial charge in [-0.05, 0) is 55.1 Å². The maximum atomic E-state index is 14.4. The third kappa shape index (κ3) is 7.07. The van der Waals surface area contributed by atoms with Crippen molar-refractivity contribution in [2.75, 3.05) is 13.7 Å². The molecule has 0 bridgehead atoms. The minimum absolute atomic E-state index is 0.126. The number of aliphatic hydroxyl groups is 1. The molecule has 4 rings (SSSR count). The lowest BCUT2D eigenvalue weighted by molar-refractivity contribution is -0.145. The van der Waals surface area contributed by atoms with E-state index in [9.17, 15) is 18.8 Å². The molecule has 0 spiro atoms. The molecule has 3 unspecified atom stereocenters. The Bertz CT molecular complexity index is 1190.